The first kappa shape index (κ1) is 23.3. The van der Waals surface area contributed by atoms with Gasteiger partial charge < -0.3 is 35.1 Å². The number of piperidine rings is 1. The molecule has 0 unspecified atom stereocenters. The van der Waals surface area contributed by atoms with E-state index in [9.17, 15) is 10.0 Å². The summed E-state index contributed by atoms with van der Waals surface area (Å²) in [5.74, 6) is 2.25. The molecular weight excluding hydrogens is 442 g/mol. The van der Waals surface area contributed by atoms with E-state index in [2.05, 4.69) is 30.9 Å². The van der Waals surface area contributed by atoms with E-state index in [1.165, 1.54) is 21.3 Å². The lowest BCUT2D eigenvalue weighted by atomic mass is 10.1. The number of hydrogen-bond donors (Lipinski definition) is 3. The second-order valence-electron chi connectivity index (χ2n) is 7.64. The second-order valence-corrected chi connectivity index (χ2v) is 7.64. The van der Waals surface area contributed by atoms with Crippen LogP contribution in [0.15, 0.2) is 30.5 Å². The molecule has 12 heteroatoms. The zero-order valence-corrected chi connectivity index (χ0v) is 19.1. The van der Waals surface area contributed by atoms with E-state index in [1.807, 2.05) is 0 Å². The van der Waals surface area contributed by atoms with Gasteiger partial charge in [0.25, 0.3) is 0 Å². The zero-order valence-electron chi connectivity index (χ0n) is 19.1. The summed E-state index contributed by atoms with van der Waals surface area (Å²) >= 11 is 0. The number of nitrogens with one attached hydrogen (secondary N) is 3. The molecule has 0 bridgehead atoms. The fourth-order valence-electron chi connectivity index (χ4n) is 3.67. The Morgan fingerprint density at radius 2 is 1.71 bits per heavy atom. The van der Waals surface area contributed by atoms with Gasteiger partial charge in [0, 0.05) is 23.9 Å². The summed E-state index contributed by atoms with van der Waals surface area (Å²) in [4.78, 5) is 25.6. The van der Waals surface area contributed by atoms with Crippen LogP contribution in [0.4, 0.5) is 22.1 Å². The molecule has 1 saturated heterocycles. The maximum atomic E-state index is 12.3. The zero-order chi connectivity index (χ0) is 24.1. The van der Waals surface area contributed by atoms with Gasteiger partial charge in [0.05, 0.1) is 27.5 Å². The molecule has 3 heterocycles. The van der Waals surface area contributed by atoms with Crippen molar-refractivity contribution in [3.63, 3.8) is 0 Å². The van der Waals surface area contributed by atoms with Crippen LogP contribution in [0.25, 0.3) is 11.2 Å². The Kier molecular flexibility index (Phi) is 7.09. The summed E-state index contributed by atoms with van der Waals surface area (Å²) in [6.45, 7) is 0.826. The molecule has 2 amide bonds. The number of aromatic nitrogens is 3. The summed E-state index contributed by atoms with van der Waals surface area (Å²) < 4.78 is 16.1. The fourth-order valence-corrected chi connectivity index (χ4v) is 3.67. The molecule has 1 fully saturated rings. The van der Waals surface area contributed by atoms with Gasteiger partial charge in [0.2, 0.25) is 5.75 Å². The van der Waals surface area contributed by atoms with Gasteiger partial charge in [-0.2, -0.15) is 0 Å². The molecular formula is C22H26N7O5-. The average Bonchev–Trinajstić information content (AvgIpc) is 2.84. The predicted octanol–water partition coefficient (Wildman–Crippen LogP) is 2.88. The van der Waals surface area contributed by atoms with E-state index in [0.717, 1.165) is 5.06 Å². The van der Waals surface area contributed by atoms with Gasteiger partial charge in [-0.3, -0.25) is 5.32 Å². The number of benzene rings is 1. The molecule has 0 radical (unpaired) electrons. The monoisotopic (exact) mass is 468 g/mol. The number of pyridine rings is 1. The van der Waals surface area contributed by atoms with Crippen LogP contribution in [-0.2, 0) is 0 Å². The van der Waals surface area contributed by atoms with Crippen LogP contribution in [0.1, 0.15) is 12.8 Å². The second kappa shape index (κ2) is 10.4. The molecule has 34 heavy (non-hydrogen) atoms. The van der Waals surface area contributed by atoms with Gasteiger partial charge in [-0.05, 0) is 38.1 Å². The Morgan fingerprint density at radius 3 is 2.35 bits per heavy atom. The van der Waals surface area contributed by atoms with Crippen molar-refractivity contribution >= 4 is 34.5 Å². The van der Waals surface area contributed by atoms with Gasteiger partial charge >= 0.3 is 6.03 Å². The Morgan fingerprint density at radius 1 is 1.03 bits per heavy atom. The lowest BCUT2D eigenvalue weighted by Crippen LogP contribution is -2.44. The molecule has 4 rings (SSSR count). The van der Waals surface area contributed by atoms with Crippen molar-refractivity contribution in [3.05, 3.63) is 35.7 Å². The number of hydroxylamine groups is 2. The van der Waals surface area contributed by atoms with Crippen LogP contribution in [0, 0.1) is 5.21 Å². The Balaban J connectivity index is 1.49. The van der Waals surface area contributed by atoms with Crippen molar-refractivity contribution < 1.29 is 19.0 Å². The number of nitrogens with zero attached hydrogens (tertiary/aromatic N) is 4. The number of urea groups is 1. The topological polar surface area (TPSA) is 146 Å². The standard InChI is InChI=1S/C22H26N7O5/c1-32-16-10-14(11-17(33-2)20(16)34-3)24-19-12-23-15-4-5-18(26-21(15)27-19)28-22(30)25-13-6-8-29(31)9-7-13/h4-5,10-13H,6-9H2,1-3H3,(H3,24,25,26,27,28,30)/q-1. The molecule has 2 aromatic heterocycles. The van der Waals surface area contributed by atoms with E-state index in [1.54, 1.807) is 30.5 Å². The number of ether oxygens (including phenoxy) is 3. The summed E-state index contributed by atoms with van der Waals surface area (Å²) in [6, 6.07) is 6.46. The van der Waals surface area contributed by atoms with E-state index >= 15 is 0 Å². The Hall–Kier alpha value is -3.90. The number of fused-ring (bicyclic) bond motifs is 1. The minimum atomic E-state index is -0.379. The highest BCUT2D eigenvalue weighted by atomic mass is 16.5. The maximum absolute atomic E-state index is 12.3. The third-order valence-corrected chi connectivity index (χ3v) is 5.37. The third kappa shape index (κ3) is 5.35. The van der Waals surface area contributed by atoms with Crippen LogP contribution < -0.4 is 30.2 Å². The molecule has 0 aliphatic carbocycles. The highest BCUT2D eigenvalue weighted by Gasteiger charge is 2.17. The van der Waals surface area contributed by atoms with Crippen molar-refractivity contribution in [1.29, 1.82) is 0 Å². The van der Waals surface area contributed by atoms with Crippen molar-refractivity contribution in [2.24, 2.45) is 0 Å². The predicted molar refractivity (Wildman–Crippen MR) is 127 cm³/mol. The van der Waals surface area contributed by atoms with Crippen molar-refractivity contribution in [2.75, 3.05) is 45.1 Å². The molecule has 1 aliphatic rings. The number of anilines is 3. The summed E-state index contributed by atoms with van der Waals surface area (Å²) in [5.41, 5.74) is 1.58. The molecule has 0 spiro atoms. The van der Waals surface area contributed by atoms with E-state index < -0.39 is 0 Å². The number of rotatable bonds is 7. The lowest BCUT2D eigenvalue weighted by molar-refractivity contribution is 0.231. The largest absolute Gasteiger partial charge is 0.785 e. The van der Waals surface area contributed by atoms with Gasteiger partial charge in [0.15, 0.2) is 23.0 Å². The Labute approximate surface area is 196 Å². The van der Waals surface area contributed by atoms with Crippen LogP contribution in [0.2, 0.25) is 0 Å². The smallest absolute Gasteiger partial charge is 0.320 e. The first-order valence-electron chi connectivity index (χ1n) is 10.7. The average molecular weight is 468 g/mol. The third-order valence-electron chi connectivity index (χ3n) is 5.37. The van der Waals surface area contributed by atoms with Crippen molar-refractivity contribution in [2.45, 2.75) is 18.9 Å². The molecule has 180 valence electrons. The van der Waals surface area contributed by atoms with Gasteiger partial charge in [-0.1, -0.05) is 0 Å². The van der Waals surface area contributed by atoms with Crippen LogP contribution in [0.5, 0.6) is 17.2 Å². The molecule has 1 aliphatic heterocycles. The van der Waals surface area contributed by atoms with Crippen LogP contribution in [-0.4, -0.2) is 66.5 Å². The summed E-state index contributed by atoms with van der Waals surface area (Å²) in [7, 11) is 4.62. The quantitative estimate of drug-likeness (QED) is 0.473. The number of carbonyl (C=O) groups excluding carboxylic acids is 1. The molecule has 12 nitrogen and oxygen atoms in total. The number of amides is 2. The minimum absolute atomic E-state index is 0.0419. The van der Waals surface area contributed by atoms with Crippen molar-refractivity contribution in [3.8, 4) is 17.2 Å². The fraction of sp³-hybridized carbons (Fsp3) is 0.364. The van der Waals surface area contributed by atoms with Gasteiger partial charge in [-0.15, -0.1) is 0 Å². The van der Waals surface area contributed by atoms with E-state index in [0.29, 0.717) is 71.7 Å². The van der Waals surface area contributed by atoms with Crippen LogP contribution >= 0.6 is 0 Å². The van der Waals surface area contributed by atoms with E-state index in [4.69, 9.17) is 14.2 Å². The van der Waals surface area contributed by atoms with Gasteiger partial charge in [0.1, 0.15) is 11.3 Å². The first-order valence-corrected chi connectivity index (χ1v) is 10.7. The molecule has 3 aromatic rings. The molecule has 0 saturated carbocycles. The first-order chi connectivity index (χ1) is 16.5. The number of methoxy groups -OCH3 is 3. The number of carbonyl (C=O) groups is 1. The van der Waals surface area contributed by atoms with Gasteiger partial charge in [-0.25, -0.2) is 19.7 Å². The molecule has 1 aromatic carbocycles. The summed E-state index contributed by atoms with van der Waals surface area (Å²) in [6.07, 6.45) is 2.81. The normalized spacial score (nSPS) is 14.5. The van der Waals surface area contributed by atoms with Crippen molar-refractivity contribution in [1.82, 2.24) is 25.3 Å². The highest BCUT2D eigenvalue weighted by Crippen LogP contribution is 2.40. The Bertz CT molecular complexity index is 1140. The summed E-state index contributed by atoms with van der Waals surface area (Å²) in [5, 5.41) is 21.0. The number of hydrogen-bond acceptors (Lipinski definition) is 10. The maximum Gasteiger partial charge on any atom is 0.320 e. The lowest BCUT2D eigenvalue weighted by Gasteiger charge is -2.36. The SMILES string of the molecule is COc1cc(Nc2cnc3ccc(NC(=O)NC4CCN([O-])CC4)nc3n2)cc(OC)c1OC. The van der Waals surface area contributed by atoms with Crippen LogP contribution in [0.3, 0.4) is 0 Å². The highest BCUT2D eigenvalue weighted by molar-refractivity contribution is 5.89. The van der Waals surface area contributed by atoms with E-state index in [-0.39, 0.29) is 12.1 Å². The minimum Gasteiger partial charge on any atom is -0.785 e. The molecule has 3 N–H and O–H groups in total. The molecule has 0 atom stereocenters.